The fourth-order valence-corrected chi connectivity index (χ4v) is 1.86. The lowest BCUT2D eigenvalue weighted by molar-refractivity contribution is -0.137. The zero-order valence-corrected chi connectivity index (χ0v) is 13.0. The van der Waals surface area contributed by atoms with Crippen LogP contribution in [0.15, 0.2) is 30.5 Å². The fourth-order valence-electron chi connectivity index (χ4n) is 1.86. The number of carbonyl (C=O) groups is 2. The largest absolute Gasteiger partial charge is 0.450 e. The van der Waals surface area contributed by atoms with Crippen LogP contribution in [-0.4, -0.2) is 33.6 Å². The molecule has 0 aliphatic carbocycles. The molecule has 11 heteroatoms. The van der Waals surface area contributed by atoms with Gasteiger partial charge in [0.25, 0.3) is 0 Å². The predicted molar refractivity (Wildman–Crippen MR) is 80.7 cm³/mol. The van der Waals surface area contributed by atoms with Crippen molar-refractivity contribution in [1.29, 1.82) is 0 Å². The lowest BCUT2D eigenvalue weighted by atomic mass is 10.1. The van der Waals surface area contributed by atoms with Crippen LogP contribution in [0.25, 0.3) is 0 Å². The SMILES string of the molecule is CCOC(=O)Nc1cnn(CC(=O)Nc2ccccc2C(F)(F)F)n1. The van der Waals surface area contributed by atoms with E-state index in [0.717, 1.165) is 16.9 Å². The number of hydrogen-bond donors (Lipinski definition) is 2. The van der Waals surface area contributed by atoms with E-state index in [1.54, 1.807) is 6.92 Å². The van der Waals surface area contributed by atoms with Crippen LogP contribution in [-0.2, 0) is 22.3 Å². The Hall–Kier alpha value is -3.11. The molecular weight excluding hydrogens is 343 g/mol. The zero-order valence-electron chi connectivity index (χ0n) is 13.0. The van der Waals surface area contributed by atoms with Gasteiger partial charge in [0.15, 0.2) is 5.82 Å². The van der Waals surface area contributed by atoms with Crippen LogP contribution in [0.2, 0.25) is 0 Å². The molecular formula is C14H14F3N5O3. The van der Waals surface area contributed by atoms with E-state index >= 15 is 0 Å². The highest BCUT2D eigenvalue weighted by atomic mass is 19.4. The molecule has 0 saturated heterocycles. The maximum absolute atomic E-state index is 12.9. The summed E-state index contributed by atoms with van der Waals surface area (Å²) in [5.74, 6) is -0.711. The van der Waals surface area contributed by atoms with Gasteiger partial charge in [0.1, 0.15) is 6.54 Å². The average molecular weight is 357 g/mol. The van der Waals surface area contributed by atoms with Crippen molar-refractivity contribution in [2.45, 2.75) is 19.6 Å². The summed E-state index contributed by atoms with van der Waals surface area (Å²) in [5, 5.41) is 12.0. The number of aromatic nitrogens is 3. The summed E-state index contributed by atoms with van der Waals surface area (Å²) in [7, 11) is 0. The summed E-state index contributed by atoms with van der Waals surface area (Å²) in [5.41, 5.74) is -1.32. The van der Waals surface area contributed by atoms with E-state index in [-0.39, 0.29) is 18.1 Å². The van der Waals surface area contributed by atoms with Crippen LogP contribution >= 0.6 is 0 Å². The van der Waals surface area contributed by atoms with Crippen LogP contribution in [0.1, 0.15) is 12.5 Å². The number of amides is 2. The molecule has 0 radical (unpaired) electrons. The van der Waals surface area contributed by atoms with Gasteiger partial charge in [-0.3, -0.25) is 10.1 Å². The minimum atomic E-state index is -4.59. The molecule has 0 aliphatic heterocycles. The number of hydrogen-bond acceptors (Lipinski definition) is 5. The van der Waals surface area contributed by atoms with Crippen LogP contribution in [0, 0.1) is 0 Å². The minimum Gasteiger partial charge on any atom is -0.450 e. The summed E-state index contributed by atoms with van der Waals surface area (Å²) in [6.45, 7) is 1.36. The van der Waals surface area contributed by atoms with E-state index in [2.05, 4.69) is 25.6 Å². The van der Waals surface area contributed by atoms with Crippen LogP contribution in [0.3, 0.4) is 0 Å². The quantitative estimate of drug-likeness (QED) is 0.857. The molecule has 0 unspecified atom stereocenters. The van der Waals surface area contributed by atoms with Crippen LogP contribution in [0.5, 0.6) is 0 Å². The molecule has 1 aromatic carbocycles. The normalized spacial score (nSPS) is 11.0. The van der Waals surface area contributed by atoms with Gasteiger partial charge in [-0.2, -0.15) is 23.1 Å². The second-order valence-corrected chi connectivity index (χ2v) is 4.70. The van der Waals surface area contributed by atoms with Crippen molar-refractivity contribution in [2.75, 3.05) is 17.2 Å². The van der Waals surface area contributed by atoms with E-state index in [9.17, 15) is 22.8 Å². The molecule has 25 heavy (non-hydrogen) atoms. The van der Waals surface area contributed by atoms with Crippen molar-refractivity contribution in [2.24, 2.45) is 0 Å². The first-order chi connectivity index (χ1) is 11.8. The second-order valence-electron chi connectivity index (χ2n) is 4.70. The molecule has 2 N–H and O–H groups in total. The molecule has 134 valence electrons. The molecule has 2 rings (SSSR count). The van der Waals surface area contributed by atoms with Crippen molar-refractivity contribution in [1.82, 2.24) is 15.0 Å². The number of nitrogens with zero attached hydrogens (tertiary/aromatic N) is 3. The number of halogens is 3. The Morgan fingerprint density at radius 1 is 1.24 bits per heavy atom. The number of benzene rings is 1. The Bertz CT molecular complexity index is 760. The van der Waals surface area contributed by atoms with Crippen molar-refractivity contribution in [3.8, 4) is 0 Å². The molecule has 0 fully saturated rings. The van der Waals surface area contributed by atoms with Gasteiger partial charge in [-0.25, -0.2) is 4.79 Å². The number of carbonyl (C=O) groups excluding carboxylic acids is 2. The third-order valence-corrected chi connectivity index (χ3v) is 2.83. The monoisotopic (exact) mass is 357 g/mol. The highest BCUT2D eigenvalue weighted by molar-refractivity contribution is 5.91. The first kappa shape index (κ1) is 18.2. The van der Waals surface area contributed by atoms with E-state index in [0.29, 0.717) is 0 Å². The van der Waals surface area contributed by atoms with Gasteiger partial charge in [-0.15, -0.1) is 5.10 Å². The molecule has 1 aromatic heterocycles. The highest BCUT2D eigenvalue weighted by Crippen LogP contribution is 2.34. The first-order valence-electron chi connectivity index (χ1n) is 7.09. The Labute approximate surface area is 140 Å². The topological polar surface area (TPSA) is 98.1 Å². The van der Waals surface area contributed by atoms with Crippen molar-refractivity contribution in [3.05, 3.63) is 36.0 Å². The molecule has 0 saturated carbocycles. The average Bonchev–Trinajstić information content (AvgIpc) is 2.93. The zero-order chi connectivity index (χ0) is 18.4. The number of anilines is 2. The summed E-state index contributed by atoms with van der Waals surface area (Å²) in [6.07, 6.45) is -4.16. The third-order valence-electron chi connectivity index (χ3n) is 2.83. The predicted octanol–water partition coefficient (Wildman–Crippen LogP) is 2.50. The van der Waals surface area contributed by atoms with Crippen LogP contribution in [0.4, 0.5) is 29.5 Å². The Balaban J connectivity index is 2.00. The third kappa shape index (κ3) is 5.19. The van der Waals surface area contributed by atoms with Gasteiger partial charge in [0.2, 0.25) is 5.91 Å². The summed E-state index contributed by atoms with van der Waals surface area (Å²) in [4.78, 5) is 24.0. The lowest BCUT2D eigenvalue weighted by Crippen LogP contribution is -2.22. The van der Waals surface area contributed by atoms with Crippen molar-refractivity contribution >= 4 is 23.5 Å². The summed E-state index contributed by atoms with van der Waals surface area (Å²) >= 11 is 0. The van der Waals surface area contributed by atoms with Crippen LogP contribution < -0.4 is 10.6 Å². The summed E-state index contributed by atoms with van der Waals surface area (Å²) in [6, 6.07) is 4.60. The van der Waals surface area contributed by atoms with Gasteiger partial charge >= 0.3 is 12.3 Å². The molecule has 0 aliphatic rings. The lowest BCUT2D eigenvalue weighted by Gasteiger charge is -2.13. The van der Waals surface area contributed by atoms with Gasteiger partial charge in [-0.1, -0.05) is 12.1 Å². The number of nitrogens with one attached hydrogen (secondary N) is 2. The highest BCUT2D eigenvalue weighted by Gasteiger charge is 2.33. The molecule has 1 heterocycles. The number of para-hydroxylation sites is 1. The number of rotatable bonds is 5. The van der Waals surface area contributed by atoms with Crippen molar-refractivity contribution in [3.63, 3.8) is 0 Å². The van der Waals surface area contributed by atoms with Gasteiger partial charge in [0.05, 0.1) is 24.1 Å². The van der Waals surface area contributed by atoms with E-state index < -0.39 is 30.3 Å². The molecule has 0 atom stereocenters. The molecule has 2 amide bonds. The molecule has 0 spiro atoms. The molecule has 0 bridgehead atoms. The molecule has 8 nitrogen and oxygen atoms in total. The molecule has 2 aromatic rings. The van der Waals surface area contributed by atoms with Crippen molar-refractivity contribution < 1.29 is 27.5 Å². The number of ether oxygens (including phenoxy) is 1. The van der Waals surface area contributed by atoms with E-state index in [1.807, 2.05) is 0 Å². The Morgan fingerprint density at radius 2 is 1.96 bits per heavy atom. The standard InChI is InChI=1S/C14H14F3N5O3/c1-2-25-13(24)20-11-7-18-22(21-11)8-12(23)19-10-6-4-3-5-9(10)14(15,16)17/h3-7H,2,8H2,1H3,(H,19,23)(H,20,21,24). The van der Waals surface area contributed by atoms with Gasteiger partial charge in [0, 0.05) is 0 Å². The fraction of sp³-hybridized carbons (Fsp3) is 0.286. The smallest absolute Gasteiger partial charge is 0.418 e. The van der Waals surface area contributed by atoms with Gasteiger partial charge in [-0.05, 0) is 19.1 Å². The number of alkyl halides is 3. The maximum atomic E-state index is 12.9. The van der Waals surface area contributed by atoms with E-state index in [4.69, 9.17) is 0 Å². The Kier molecular flexibility index (Phi) is 5.57. The van der Waals surface area contributed by atoms with E-state index in [1.165, 1.54) is 18.3 Å². The maximum Gasteiger partial charge on any atom is 0.418 e. The second kappa shape index (κ2) is 7.64. The first-order valence-corrected chi connectivity index (χ1v) is 7.09. The van der Waals surface area contributed by atoms with Gasteiger partial charge < -0.3 is 10.1 Å². The summed E-state index contributed by atoms with van der Waals surface area (Å²) < 4.78 is 43.3. The minimum absolute atomic E-state index is 0.0435. The Morgan fingerprint density at radius 3 is 2.64 bits per heavy atom.